The smallest absolute Gasteiger partial charge is 0.115 e. The molecular weight excluding hydrogens is 206 g/mol. The van der Waals surface area contributed by atoms with Crippen molar-refractivity contribution in [3.63, 3.8) is 0 Å². The predicted octanol–water partition coefficient (Wildman–Crippen LogP) is 1.68. The molecule has 1 aromatic heterocycles. The highest BCUT2D eigenvalue weighted by atomic mass is 32.1. The molecule has 2 aliphatic rings. The Morgan fingerprint density at radius 1 is 1.47 bits per heavy atom. The number of likely N-dealkylation sites (N-methyl/N-ethyl adjacent to an activating group) is 1. The maximum Gasteiger partial charge on any atom is 0.115 e. The lowest BCUT2D eigenvalue weighted by molar-refractivity contribution is 0.264. The summed E-state index contributed by atoms with van der Waals surface area (Å²) in [6, 6.07) is 2.91. The van der Waals surface area contributed by atoms with E-state index in [1.54, 1.807) is 0 Å². The molecule has 2 aliphatic heterocycles. The summed E-state index contributed by atoms with van der Waals surface area (Å²) in [5, 5.41) is 7.17. The van der Waals surface area contributed by atoms with Crippen molar-refractivity contribution in [1.82, 2.24) is 4.90 Å². The van der Waals surface area contributed by atoms with Crippen LogP contribution in [0, 0.1) is 0 Å². The molecule has 1 aromatic rings. The monoisotopic (exact) mass is 223 g/mol. The molecule has 0 amide bonds. The zero-order valence-corrected chi connectivity index (χ0v) is 9.89. The first kappa shape index (κ1) is 9.48. The van der Waals surface area contributed by atoms with E-state index in [-0.39, 0.29) is 0 Å². The van der Waals surface area contributed by atoms with Crippen molar-refractivity contribution in [1.29, 1.82) is 0 Å². The van der Waals surface area contributed by atoms with Crippen LogP contribution in [0.25, 0.3) is 0 Å². The van der Waals surface area contributed by atoms with Gasteiger partial charge in [-0.1, -0.05) is 0 Å². The van der Waals surface area contributed by atoms with Gasteiger partial charge in [0.25, 0.3) is 0 Å². The van der Waals surface area contributed by atoms with Gasteiger partial charge in [0.2, 0.25) is 0 Å². The Balaban J connectivity index is 1.92. The second-order valence-corrected chi connectivity index (χ2v) is 5.36. The van der Waals surface area contributed by atoms with Crippen LogP contribution < -0.4 is 10.2 Å². The Bertz CT molecular complexity index is 349. The Morgan fingerprint density at radius 2 is 2.40 bits per heavy atom. The van der Waals surface area contributed by atoms with Crippen LogP contribution in [0.1, 0.15) is 6.42 Å². The average molecular weight is 223 g/mol. The number of hydrogen-bond donors (Lipinski definition) is 1. The van der Waals surface area contributed by atoms with E-state index >= 15 is 0 Å². The van der Waals surface area contributed by atoms with E-state index in [1.807, 2.05) is 11.3 Å². The third-order valence-electron chi connectivity index (χ3n) is 3.38. The van der Waals surface area contributed by atoms with Crippen molar-refractivity contribution in [2.24, 2.45) is 0 Å². The summed E-state index contributed by atoms with van der Waals surface area (Å²) in [5.74, 6) is 0. The van der Waals surface area contributed by atoms with Gasteiger partial charge in [-0.05, 0) is 24.9 Å². The second-order valence-electron chi connectivity index (χ2n) is 4.46. The fourth-order valence-electron chi connectivity index (χ4n) is 2.56. The number of thiophene rings is 1. The third-order valence-corrected chi connectivity index (χ3v) is 4.33. The van der Waals surface area contributed by atoms with E-state index in [2.05, 4.69) is 33.6 Å². The first-order valence-electron chi connectivity index (χ1n) is 5.61. The molecule has 0 bridgehead atoms. The van der Waals surface area contributed by atoms with Gasteiger partial charge >= 0.3 is 0 Å². The zero-order valence-electron chi connectivity index (χ0n) is 9.07. The lowest BCUT2D eigenvalue weighted by atomic mass is 10.1. The van der Waals surface area contributed by atoms with Crippen LogP contribution in [0.2, 0.25) is 0 Å². The maximum absolute atomic E-state index is 3.53. The van der Waals surface area contributed by atoms with E-state index in [1.165, 1.54) is 36.7 Å². The molecule has 1 unspecified atom stereocenters. The zero-order chi connectivity index (χ0) is 10.3. The fraction of sp³-hybridized carbons (Fsp3) is 0.636. The van der Waals surface area contributed by atoms with Gasteiger partial charge in [-0.3, -0.25) is 0 Å². The topological polar surface area (TPSA) is 18.5 Å². The van der Waals surface area contributed by atoms with Crippen LogP contribution in [0.3, 0.4) is 0 Å². The number of fused-ring (bicyclic) bond motifs is 3. The third kappa shape index (κ3) is 1.62. The SMILES string of the molecule is CN1CCN2c3sccc3NCCC2C1. The number of hydrogen-bond acceptors (Lipinski definition) is 4. The van der Waals surface area contributed by atoms with E-state index < -0.39 is 0 Å². The molecular formula is C11H17N3S. The lowest BCUT2D eigenvalue weighted by Gasteiger charge is -2.39. The van der Waals surface area contributed by atoms with E-state index in [0.717, 1.165) is 6.54 Å². The minimum absolute atomic E-state index is 0.705. The molecule has 0 aromatic carbocycles. The van der Waals surface area contributed by atoms with E-state index in [4.69, 9.17) is 0 Å². The molecule has 3 rings (SSSR count). The van der Waals surface area contributed by atoms with Crippen LogP contribution >= 0.6 is 11.3 Å². The van der Waals surface area contributed by atoms with Gasteiger partial charge < -0.3 is 15.1 Å². The standard InChI is InChI=1S/C11H17N3S/c1-13-5-6-14-9(8-13)2-4-12-10-3-7-15-11(10)14/h3,7,9,12H,2,4-6,8H2,1H3. The number of piperazine rings is 1. The Labute approximate surface area is 94.7 Å². The largest absolute Gasteiger partial charge is 0.383 e. The summed E-state index contributed by atoms with van der Waals surface area (Å²) in [6.45, 7) is 4.68. The van der Waals surface area contributed by atoms with Gasteiger partial charge in [0, 0.05) is 32.2 Å². The molecule has 3 nitrogen and oxygen atoms in total. The molecule has 1 saturated heterocycles. The highest BCUT2D eigenvalue weighted by Gasteiger charge is 2.29. The molecule has 3 heterocycles. The quantitative estimate of drug-likeness (QED) is 0.722. The molecule has 0 aliphatic carbocycles. The van der Waals surface area contributed by atoms with Crippen LogP contribution in [-0.2, 0) is 0 Å². The van der Waals surface area contributed by atoms with Gasteiger partial charge in [-0.2, -0.15) is 0 Å². The molecule has 0 saturated carbocycles. The first-order valence-corrected chi connectivity index (χ1v) is 6.49. The molecule has 1 atom stereocenters. The number of rotatable bonds is 0. The van der Waals surface area contributed by atoms with Crippen molar-refractivity contribution in [3.05, 3.63) is 11.4 Å². The van der Waals surface area contributed by atoms with Gasteiger partial charge in [0.15, 0.2) is 0 Å². The first-order chi connectivity index (χ1) is 7.34. The summed E-state index contributed by atoms with van der Waals surface area (Å²) < 4.78 is 0. The number of nitrogens with zero attached hydrogens (tertiary/aromatic N) is 2. The number of anilines is 2. The number of nitrogens with one attached hydrogen (secondary N) is 1. The highest BCUT2D eigenvalue weighted by Crippen LogP contribution is 2.37. The molecule has 0 radical (unpaired) electrons. The van der Waals surface area contributed by atoms with Crippen LogP contribution in [0.4, 0.5) is 10.7 Å². The van der Waals surface area contributed by atoms with Gasteiger partial charge in [0.05, 0.1) is 5.69 Å². The summed E-state index contributed by atoms with van der Waals surface area (Å²) in [5.41, 5.74) is 1.34. The van der Waals surface area contributed by atoms with Gasteiger partial charge in [-0.25, -0.2) is 0 Å². The summed E-state index contributed by atoms with van der Waals surface area (Å²) in [7, 11) is 2.23. The van der Waals surface area contributed by atoms with Crippen molar-refractivity contribution in [2.75, 3.05) is 43.4 Å². The van der Waals surface area contributed by atoms with Crippen molar-refractivity contribution >= 4 is 22.0 Å². The maximum atomic E-state index is 3.53. The summed E-state index contributed by atoms with van der Waals surface area (Å²) in [6.07, 6.45) is 1.26. The molecule has 82 valence electrons. The van der Waals surface area contributed by atoms with Crippen molar-refractivity contribution < 1.29 is 0 Å². The van der Waals surface area contributed by atoms with Crippen LogP contribution in [0.15, 0.2) is 11.4 Å². The summed E-state index contributed by atoms with van der Waals surface area (Å²) in [4.78, 5) is 5.04. The minimum atomic E-state index is 0.705. The Kier molecular flexibility index (Phi) is 2.33. The molecule has 15 heavy (non-hydrogen) atoms. The van der Waals surface area contributed by atoms with E-state index in [9.17, 15) is 0 Å². The minimum Gasteiger partial charge on any atom is -0.383 e. The molecule has 1 N–H and O–H groups in total. The molecule has 0 spiro atoms. The van der Waals surface area contributed by atoms with E-state index in [0.29, 0.717) is 6.04 Å². The lowest BCUT2D eigenvalue weighted by Crippen LogP contribution is -2.51. The van der Waals surface area contributed by atoms with Gasteiger partial charge in [-0.15, -0.1) is 11.3 Å². The molecule has 4 heteroatoms. The van der Waals surface area contributed by atoms with Crippen molar-refractivity contribution in [2.45, 2.75) is 12.5 Å². The fourth-order valence-corrected chi connectivity index (χ4v) is 3.53. The summed E-state index contributed by atoms with van der Waals surface area (Å²) >= 11 is 1.87. The Morgan fingerprint density at radius 3 is 3.33 bits per heavy atom. The second kappa shape index (κ2) is 3.68. The van der Waals surface area contributed by atoms with Gasteiger partial charge in [0.1, 0.15) is 5.00 Å². The normalized spacial score (nSPS) is 26.5. The van der Waals surface area contributed by atoms with Crippen LogP contribution in [-0.4, -0.2) is 44.2 Å². The highest BCUT2D eigenvalue weighted by molar-refractivity contribution is 7.14. The Hall–Kier alpha value is -0.740. The molecule has 1 fully saturated rings. The predicted molar refractivity (Wildman–Crippen MR) is 66.1 cm³/mol. The average Bonchev–Trinajstić information content (AvgIpc) is 2.61. The van der Waals surface area contributed by atoms with Crippen LogP contribution in [0.5, 0.6) is 0 Å². The van der Waals surface area contributed by atoms with Crippen molar-refractivity contribution in [3.8, 4) is 0 Å².